The van der Waals surface area contributed by atoms with Gasteiger partial charge in [0.25, 0.3) is 5.91 Å². The molecule has 2 aromatic carbocycles. The highest BCUT2D eigenvalue weighted by Gasteiger charge is 2.18. The van der Waals surface area contributed by atoms with Crippen LogP contribution >= 0.6 is 0 Å². The first-order chi connectivity index (χ1) is 13.9. The van der Waals surface area contributed by atoms with E-state index in [4.69, 9.17) is 0 Å². The van der Waals surface area contributed by atoms with Crippen LogP contribution in [0.3, 0.4) is 0 Å². The van der Waals surface area contributed by atoms with Crippen LogP contribution in [0.1, 0.15) is 32.9 Å². The molecule has 146 valence electrons. The summed E-state index contributed by atoms with van der Waals surface area (Å²) in [6, 6.07) is 11.5. The van der Waals surface area contributed by atoms with Crippen molar-refractivity contribution in [3.63, 3.8) is 0 Å². The van der Waals surface area contributed by atoms with Gasteiger partial charge in [0.2, 0.25) is 0 Å². The molecule has 0 aliphatic heterocycles. The Hall–Kier alpha value is -3.88. The third kappa shape index (κ3) is 3.62. The minimum atomic E-state index is -0.312. The molecule has 9 nitrogen and oxygen atoms in total. The van der Waals surface area contributed by atoms with Gasteiger partial charge < -0.3 is 5.32 Å². The first kappa shape index (κ1) is 18.5. The lowest BCUT2D eigenvalue weighted by Gasteiger charge is -2.08. The van der Waals surface area contributed by atoms with Crippen molar-refractivity contribution in [2.45, 2.75) is 27.7 Å². The fraction of sp³-hybridized carbons (Fsp3) is 0.200. The molecule has 1 amide bonds. The summed E-state index contributed by atoms with van der Waals surface area (Å²) in [7, 11) is 0. The van der Waals surface area contributed by atoms with Crippen molar-refractivity contribution in [1.29, 1.82) is 0 Å². The second-order valence-corrected chi connectivity index (χ2v) is 6.92. The third-order valence-electron chi connectivity index (χ3n) is 4.62. The Balaban J connectivity index is 1.58. The maximum Gasteiger partial charge on any atom is 0.278 e. The molecule has 0 unspecified atom stereocenters. The van der Waals surface area contributed by atoms with Gasteiger partial charge >= 0.3 is 0 Å². The second-order valence-electron chi connectivity index (χ2n) is 6.92. The van der Waals surface area contributed by atoms with Gasteiger partial charge in [-0.05, 0) is 73.5 Å². The van der Waals surface area contributed by atoms with E-state index in [1.165, 1.54) is 11.1 Å². The lowest BCUT2D eigenvalue weighted by Crippen LogP contribution is -2.14. The molecule has 29 heavy (non-hydrogen) atoms. The minimum absolute atomic E-state index is 0.284. The molecule has 0 saturated heterocycles. The van der Waals surface area contributed by atoms with Gasteiger partial charge in [0, 0.05) is 5.69 Å². The number of aromatic nitrogens is 7. The summed E-state index contributed by atoms with van der Waals surface area (Å²) in [5, 5.41) is 22.9. The second kappa shape index (κ2) is 7.27. The van der Waals surface area contributed by atoms with Gasteiger partial charge in [-0.1, -0.05) is 17.7 Å². The van der Waals surface area contributed by atoms with Gasteiger partial charge in [0.05, 0.1) is 17.1 Å². The smallest absolute Gasteiger partial charge is 0.278 e. The van der Waals surface area contributed by atoms with Crippen molar-refractivity contribution >= 4 is 11.6 Å². The highest BCUT2D eigenvalue weighted by atomic mass is 16.2. The quantitative estimate of drug-likeness (QED) is 0.576. The third-order valence-corrected chi connectivity index (χ3v) is 4.62. The lowest BCUT2D eigenvalue weighted by atomic mass is 10.1. The Morgan fingerprint density at radius 2 is 1.69 bits per heavy atom. The number of aryl methyl sites for hydroxylation is 4. The summed E-state index contributed by atoms with van der Waals surface area (Å²) in [4.78, 5) is 14.3. The zero-order valence-electron chi connectivity index (χ0n) is 16.6. The number of tetrazole rings is 1. The molecule has 2 heterocycles. The molecule has 0 bridgehead atoms. The molecule has 0 fully saturated rings. The molecule has 0 spiro atoms. The number of benzene rings is 2. The zero-order chi connectivity index (χ0) is 20.5. The number of hydrogen-bond donors (Lipinski definition) is 1. The van der Waals surface area contributed by atoms with Gasteiger partial charge in [0.15, 0.2) is 5.69 Å². The van der Waals surface area contributed by atoms with E-state index in [9.17, 15) is 4.79 Å². The molecular weight excluding hydrogens is 368 g/mol. The van der Waals surface area contributed by atoms with Crippen molar-refractivity contribution < 1.29 is 4.79 Å². The standard InChI is InChI=1S/C20H20N8O/c1-12-5-7-18(13(2)9-12)28-23-15(4)19(24-28)20(29)22-16-6-8-17(14(3)10-16)27-11-21-25-26-27/h5-11H,1-4H3,(H,22,29). The molecule has 0 saturated carbocycles. The number of hydrogen-bond acceptors (Lipinski definition) is 6. The topological polar surface area (TPSA) is 103 Å². The summed E-state index contributed by atoms with van der Waals surface area (Å²) < 4.78 is 1.57. The van der Waals surface area contributed by atoms with Crippen LogP contribution in [0.4, 0.5) is 5.69 Å². The molecule has 9 heteroatoms. The van der Waals surface area contributed by atoms with Crippen LogP contribution in [0.25, 0.3) is 11.4 Å². The van der Waals surface area contributed by atoms with E-state index in [1.54, 1.807) is 17.7 Å². The average Bonchev–Trinajstić information content (AvgIpc) is 3.32. The number of carbonyl (C=O) groups is 1. The van der Waals surface area contributed by atoms with Crippen LogP contribution in [0, 0.1) is 27.7 Å². The molecule has 0 atom stereocenters. The Kier molecular flexibility index (Phi) is 4.63. The fourth-order valence-corrected chi connectivity index (χ4v) is 3.18. The van der Waals surface area contributed by atoms with Gasteiger partial charge in [-0.2, -0.15) is 9.90 Å². The van der Waals surface area contributed by atoms with Crippen molar-refractivity contribution in [1.82, 2.24) is 35.2 Å². The first-order valence-electron chi connectivity index (χ1n) is 9.09. The number of anilines is 1. The lowest BCUT2D eigenvalue weighted by molar-refractivity contribution is 0.102. The molecule has 0 radical (unpaired) electrons. The summed E-state index contributed by atoms with van der Waals surface area (Å²) in [6.07, 6.45) is 1.52. The highest BCUT2D eigenvalue weighted by molar-refractivity contribution is 6.03. The van der Waals surface area contributed by atoms with E-state index in [0.717, 1.165) is 28.1 Å². The Bertz CT molecular complexity index is 1190. The number of nitrogens with one attached hydrogen (secondary N) is 1. The van der Waals surface area contributed by atoms with Crippen molar-refractivity contribution in [3.8, 4) is 11.4 Å². The number of carbonyl (C=O) groups excluding carboxylic acids is 1. The SMILES string of the molecule is Cc1ccc(-n2nc(C)c(C(=O)Nc3ccc(-n4cnnn4)c(C)c3)n2)c(C)c1. The number of rotatable bonds is 4. The number of nitrogens with zero attached hydrogens (tertiary/aromatic N) is 7. The minimum Gasteiger partial charge on any atom is -0.321 e. The normalized spacial score (nSPS) is 10.9. The maximum absolute atomic E-state index is 12.8. The average molecular weight is 388 g/mol. The van der Waals surface area contributed by atoms with E-state index >= 15 is 0 Å². The van der Waals surface area contributed by atoms with E-state index in [2.05, 4.69) is 37.1 Å². The van der Waals surface area contributed by atoms with Crippen molar-refractivity contribution in [3.05, 3.63) is 70.8 Å². The summed E-state index contributed by atoms with van der Waals surface area (Å²) >= 11 is 0. The van der Waals surface area contributed by atoms with E-state index in [-0.39, 0.29) is 11.6 Å². The van der Waals surface area contributed by atoms with Gasteiger partial charge in [-0.25, -0.2) is 4.68 Å². The maximum atomic E-state index is 12.8. The Morgan fingerprint density at radius 3 is 2.38 bits per heavy atom. The number of amides is 1. The van der Waals surface area contributed by atoms with Crippen LogP contribution in [-0.4, -0.2) is 41.1 Å². The van der Waals surface area contributed by atoms with Crippen LogP contribution in [0.2, 0.25) is 0 Å². The molecule has 0 aliphatic carbocycles. The first-order valence-corrected chi connectivity index (χ1v) is 9.09. The summed E-state index contributed by atoms with van der Waals surface area (Å²) in [5.41, 5.74) is 6.31. The molecular formula is C20H20N8O. The summed E-state index contributed by atoms with van der Waals surface area (Å²) in [5.74, 6) is -0.312. The predicted molar refractivity (Wildman–Crippen MR) is 107 cm³/mol. The highest BCUT2D eigenvalue weighted by Crippen LogP contribution is 2.19. The zero-order valence-corrected chi connectivity index (χ0v) is 16.6. The summed E-state index contributed by atoms with van der Waals surface area (Å²) in [6.45, 7) is 7.72. The molecule has 4 aromatic rings. The van der Waals surface area contributed by atoms with Crippen LogP contribution in [-0.2, 0) is 0 Å². The Labute approximate surface area is 167 Å². The van der Waals surface area contributed by atoms with Gasteiger partial charge in [0.1, 0.15) is 6.33 Å². The van der Waals surface area contributed by atoms with Crippen molar-refractivity contribution in [2.75, 3.05) is 5.32 Å². The largest absolute Gasteiger partial charge is 0.321 e. The monoisotopic (exact) mass is 388 g/mol. The van der Waals surface area contributed by atoms with E-state index < -0.39 is 0 Å². The van der Waals surface area contributed by atoms with Crippen LogP contribution in [0.15, 0.2) is 42.7 Å². The van der Waals surface area contributed by atoms with Crippen LogP contribution in [0.5, 0.6) is 0 Å². The van der Waals surface area contributed by atoms with Gasteiger partial charge in [-0.3, -0.25) is 4.79 Å². The molecule has 1 N–H and O–H groups in total. The van der Waals surface area contributed by atoms with E-state index in [0.29, 0.717) is 11.4 Å². The predicted octanol–water partition coefficient (Wildman–Crippen LogP) is 2.73. The molecule has 0 aliphatic rings. The molecule has 4 rings (SSSR count). The van der Waals surface area contributed by atoms with E-state index in [1.807, 2.05) is 45.0 Å². The Morgan fingerprint density at radius 1 is 0.931 bits per heavy atom. The molecule has 2 aromatic heterocycles. The van der Waals surface area contributed by atoms with Crippen LogP contribution < -0.4 is 5.32 Å². The fourth-order valence-electron chi connectivity index (χ4n) is 3.18. The van der Waals surface area contributed by atoms with Gasteiger partial charge in [-0.15, -0.1) is 10.2 Å². The van der Waals surface area contributed by atoms with Crippen molar-refractivity contribution in [2.24, 2.45) is 0 Å².